The zero-order valence-electron chi connectivity index (χ0n) is 13.0. The average molecular weight is 326 g/mol. The van der Waals surface area contributed by atoms with Crippen molar-refractivity contribution in [2.75, 3.05) is 11.4 Å². The van der Waals surface area contributed by atoms with Gasteiger partial charge < -0.3 is 4.90 Å². The number of para-hydroxylation sites is 1. The second-order valence-electron chi connectivity index (χ2n) is 5.84. The maximum atomic E-state index is 12.3. The molecule has 3 aromatic rings. The third-order valence-corrected chi connectivity index (χ3v) is 5.17. The zero-order chi connectivity index (χ0) is 15.8. The molecule has 0 saturated heterocycles. The van der Waals surface area contributed by atoms with E-state index in [2.05, 4.69) is 34.0 Å². The van der Waals surface area contributed by atoms with Crippen molar-refractivity contribution in [3.8, 4) is 0 Å². The number of rotatable bonds is 5. The maximum absolute atomic E-state index is 12.3. The summed E-state index contributed by atoms with van der Waals surface area (Å²) in [6.07, 6.45) is 2.36. The van der Waals surface area contributed by atoms with E-state index in [-0.39, 0.29) is 5.56 Å². The van der Waals surface area contributed by atoms with E-state index in [0.717, 1.165) is 22.9 Å². The first-order valence-corrected chi connectivity index (χ1v) is 8.76. The molecule has 118 valence electrons. The van der Waals surface area contributed by atoms with E-state index in [1.807, 2.05) is 18.2 Å². The van der Waals surface area contributed by atoms with Crippen LogP contribution in [0.25, 0.3) is 4.96 Å². The Morgan fingerprint density at radius 2 is 2.09 bits per heavy atom. The first-order valence-electron chi connectivity index (χ1n) is 7.94. The maximum Gasteiger partial charge on any atom is 0.275 e. The molecule has 1 fully saturated rings. The van der Waals surface area contributed by atoms with Crippen LogP contribution in [-0.4, -0.2) is 21.1 Å². The number of fused-ring (bicyclic) bond motifs is 1. The van der Waals surface area contributed by atoms with Crippen molar-refractivity contribution < 1.29 is 0 Å². The molecule has 0 bridgehead atoms. The van der Waals surface area contributed by atoms with Gasteiger partial charge >= 0.3 is 0 Å². The van der Waals surface area contributed by atoms with E-state index in [4.69, 9.17) is 0 Å². The highest BCUT2D eigenvalue weighted by atomic mass is 32.1. The minimum atomic E-state index is -0.0859. The molecule has 0 amide bonds. The van der Waals surface area contributed by atoms with Gasteiger partial charge in [0, 0.05) is 24.2 Å². The van der Waals surface area contributed by atoms with Crippen LogP contribution >= 0.6 is 11.3 Å². The summed E-state index contributed by atoms with van der Waals surface area (Å²) in [7, 11) is 0. The number of aromatic nitrogens is 3. The van der Waals surface area contributed by atoms with Crippen LogP contribution in [0, 0.1) is 0 Å². The molecule has 23 heavy (non-hydrogen) atoms. The SMILES string of the molecule is CCN(Cc1cc(=O)n2nc(C3CC3)sc2n1)c1ccccc1. The van der Waals surface area contributed by atoms with Gasteiger partial charge in [0.1, 0.15) is 5.01 Å². The second kappa shape index (κ2) is 5.77. The van der Waals surface area contributed by atoms with Crippen LogP contribution < -0.4 is 10.5 Å². The van der Waals surface area contributed by atoms with E-state index in [1.165, 1.54) is 17.4 Å². The predicted molar refractivity (Wildman–Crippen MR) is 92.3 cm³/mol. The lowest BCUT2D eigenvalue weighted by Gasteiger charge is -2.22. The van der Waals surface area contributed by atoms with Crippen molar-refractivity contribution in [1.29, 1.82) is 0 Å². The van der Waals surface area contributed by atoms with Gasteiger partial charge in [0.2, 0.25) is 4.96 Å². The second-order valence-corrected chi connectivity index (χ2v) is 6.83. The Morgan fingerprint density at radius 3 is 2.78 bits per heavy atom. The topological polar surface area (TPSA) is 50.5 Å². The van der Waals surface area contributed by atoms with E-state index in [0.29, 0.717) is 17.4 Å². The summed E-state index contributed by atoms with van der Waals surface area (Å²) in [5, 5.41) is 5.46. The molecule has 0 unspecified atom stereocenters. The van der Waals surface area contributed by atoms with Crippen molar-refractivity contribution in [3.63, 3.8) is 0 Å². The van der Waals surface area contributed by atoms with Crippen molar-refractivity contribution in [2.24, 2.45) is 0 Å². The molecule has 0 radical (unpaired) electrons. The van der Waals surface area contributed by atoms with Gasteiger partial charge in [-0.3, -0.25) is 4.79 Å². The zero-order valence-corrected chi connectivity index (χ0v) is 13.8. The third-order valence-electron chi connectivity index (χ3n) is 4.10. The Hall–Kier alpha value is -2.21. The van der Waals surface area contributed by atoms with Gasteiger partial charge in [-0.25, -0.2) is 4.98 Å². The molecule has 1 saturated carbocycles. The lowest BCUT2D eigenvalue weighted by Crippen LogP contribution is -2.24. The minimum Gasteiger partial charge on any atom is -0.366 e. The molecule has 4 rings (SSSR count). The van der Waals surface area contributed by atoms with Gasteiger partial charge in [-0.15, -0.1) is 0 Å². The fraction of sp³-hybridized carbons (Fsp3) is 0.353. The Bertz CT molecular complexity index is 882. The third kappa shape index (κ3) is 2.86. The lowest BCUT2D eigenvalue weighted by atomic mass is 10.2. The normalized spacial score (nSPS) is 14.3. The van der Waals surface area contributed by atoms with E-state index in [1.54, 1.807) is 17.4 Å². The molecule has 6 heteroatoms. The highest BCUT2D eigenvalue weighted by Crippen LogP contribution is 2.41. The van der Waals surface area contributed by atoms with Gasteiger partial charge in [-0.1, -0.05) is 29.5 Å². The number of anilines is 1. The Balaban J connectivity index is 1.67. The van der Waals surface area contributed by atoms with Crippen LogP contribution in [0.1, 0.15) is 36.4 Å². The van der Waals surface area contributed by atoms with Gasteiger partial charge in [-0.05, 0) is 31.9 Å². The van der Waals surface area contributed by atoms with Crippen molar-refractivity contribution in [1.82, 2.24) is 14.6 Å². The van der Waals surface area contributed by atoms with Crippen molar-refractivity contribution in [2.45, 2.75) is 32.2 Å². The minimum absolute atomic E-state index is 0.0859. The summed E-state index contributed by atoms with van der Waals surface area (Å²) in [5.74, 6) is 0.543. The van der Waals surface area contributed by atoms with Crippen LogP contribution in [0.2, 0.25) is 0 Å². The number of nitrogens with zero attached hydrogens (tertiary/aromatic N) is 4. The summed E-state index contributed by atoms with van der Waals surface area (Å²) in [4.78, 5) is 19.9. The summed E-state index contributed by atoms with van der Waals surface area (Å²) in [6.45, 7) is 3.60. The molecule has 2 heterocycles. The molecule has 1 aliphatic carbocycles. The van der Waals surface area contributed by atoms with Crippen LogP contribution in [0.4, 0.5) is 5.69 Å². The number of hydrogen-bond donors (Lipinski definition) is 0. The van der Waals surface area contributed by atoms with Gasteiger partial charge in [0.15, 0.2) is 0 Å². The molecule has 1 aromatic carbocycles. The molecular weight excluding hydrogens is 308 g/mol. The Labute approximate surface area is 138 Å². The molecule has 2 aromatic heterocycles. The molecule has 5 nitrogen and oxygen atoms in total. The quantitative estimate of drug-likeness (QED) is 0.723. The fourth-order valence-electron chi connectivity index (χ4n) is 2.67. The molecule has 0 N–H and O–H groups in total. The lowest BCUT2D eigenvalue weighted by molar-refractivity contribution is 0.790. The van der Waals surface area contributed by atoms with Crippen LogP contribution in [-0.2, 0) is 6.54 Å². The largest absolute Gasteiger partial charge is 0.366 e. The summed E-state index contributed by atoms with van der Waals surface area (Å²) in [5.41, 5.74) is 1.85. The first kappa shape index (κ1) is 14.4. The molecule has 1 aliphatic rings. The first-order chi connectivity index (χ1) is 11.2. The predicted octanol–water partition coefficient (Wildman–Crippen LogP) is 3.05. The average Bonchev–Trinajstić information content (AvgIpc) is 3.33. The van der Waals surface area contributed by atoms with Gasteiger partial charge in [0.05, 0.1) is 12.2 Å². The van der Waals surface area contributed by atoms with E-state index < -0.39 is 0 Å². The highest BCUT2D eigenvalue weighted by molar-refractivity contribution is 7.16. The van der Waals surface area contributed by atoms with Crippen LogP contribution in [0.5, 0.6) is 0 Å². The van der Waals surface area contributed by atoms with Gasteiger partial charge in [0.25, 0.3) is 5.56 Å². The van der Waals surface area contributed by atoms with Crippen molar-refractivity contribution in [3.05, 3.63) is 57.5 Å². The Morgan fingerprint density at radius 1 is 1.30 bits per heavy atom. The fourth-order valence-corrected chi connectivity index (χ4v) is 3.76. The summed E-state index contributed by atoms with van der Waals surface area (Å²) < 4.78 is 1.45. The van der Waals surface area contributed by atoms with Gasteiger partial charge in [-0.2, -0.15) is 9.61 Å². The van der Waals surface area contributed by atoms with Crippen molar-refractivity contribution >= 4 is 22.0 Å². The molecule has 0 spiro atoms. The summed E-state index contributed by atoms with van der Waals surface area (Å²) in [6, 6.07) is 11.8. The molecule has 0 atom stereocenters. The smallest absolute Gasteiger partial charge is 0.275 e. The number of benzene rings is 1. The molecular formula is C17H18N4OS. The monoisotopic (exact) mass is 326 g/mol. The standard InChI is InChI=1S/C17H18N4OS/c1-2-20(14-6-4-3-5-7-14)11-13-10-15(22)21-17(18-13)23-16(19-21)12-8-9-12/h3-7,10,12H,2,8-9,11H2,1H3. The van der Waals surface area contributed by atoms with E-state index >= 15 is 0 Å². The summed E-state index contributed by atoms with van der Waals surface area (Å²) >= 11 is 1.55. The van der Waals surface area contributed by atoms with E-state index in [9.17, 15) is 4.79 Å². The van der Waals surface area contributed by atoms with Crippen LogP contribution in [0.3, 0.4) is 0 Å². The number of hydrogen-bond acceptors (Lipinski definition) is 5. The Kier molecular flexibility index (Phi) is 3.61. The highest BCUT2D eigenvalue weighted by Gasteiger charge is 2.28. The molecule has 0 aliphatic heterocycles. The van der Waals surface area contributed by atoms with Crippen LogP contribution in [0.15, 0.2) is 41.2 Å².